The standard InChI is InChI=1S/C19H22ClN5O.ClH/c20-16-6-8-17(9-7-16)24-10-12-25(13-11-24)19(26)23-18(21)22-14-15-4-2-1-3-5-15;/h1-9H,10-14H2,(H3,21,22,23,26);1H. The van der Waals surface area contributed by atoms with Crippen LogP contribution in [0.1, 0.15) is 5.56 Å². The van der Waals surface area contributed by atoms with Gasteiger partial charge < -0.3 is 15.5 Å². The molecule has 1 fully saturated rings. The molecule has 1 aliphatic rings. The lowest BCUT2D eigenvalue weighted by molar-refractivity contribution is 0.199. The lowest BCUT2D eigenvalue weighted by atomic mass is 10.2. The molecule has 1 aliphatic heterocycles. The number of benzene rings is 2. The SMILES string of the molecule is Cl.NC(=NCc1ccccc1)NC(=O)N1CCN(c2ccc(Cl)cc2)CC1. The molecule has 27 heavy (non-hydrogen) atoms. The average Bonchev–Trinajstić information content (AvgIpc) is 2.68. The third kappa shape index (κ3) is 6.05. The van der Waals surface area contributed by atoms with Gasteiger partial charge in [-0.05, 0) is 29.8 Å². The van der Waals surface area contributed by atoms with Gasteiger partial charge in [0.05, 0.1) is 6.54 Å². The van der Waals surface area contributed by atoms with Crippen LogP contribution in [0.5, 0.6) is 0 Å². The van der Waals surface area contributed by atoms with Gasteiger partial charge in [0.15, 0.2) is 5.96 Å². The molecular weight excluding hydrogens is 385 g/mol. The number of rotatable bonds is 3. The van der Waals surface area contributed by atoms with E-state index >= 15 is 0 Å². The minimum Gasteiger partial charge on any atom is -0.370 e. The van der Waals surface area contributed by atoms with Gasteiger partial charge in [-0.15, -0.1) is 12.4 Å². The summed E-state index contributed by atoms with van der Waals surface area (Å²) in [5.41, 5.74) is 7.98. The fraction of sp³-hybridized carbons (Fsp3) is 0.263. The summed E-state index contributed by atoms with van der Waals surface area (Å²) in [5.74, 6) is 0.138. The Morgan fingerprint density at radius 3 is 2.30 bits per heavy atom. The number of hydrogen-bond acceptors (Lipinski definition) is 3. The van der Waals surface area contributed by atoms with Crippen LogP contribution < -0.4 is 16.0 Å². The summed E-state index contributed by atoms with van der Waals surface area (Å²) in [6.07, 6.45) is 0. The average molecular weight is 408 g/mol. The number of amides is 2. The number of nitrogens with two attached hydrogens (primary N) is 1. The van der Waals surface area contributed by atoms with Gasteiger partial charge in [0.25, 0.3) is 0 Å². The van der Waals surface area contributed by atoms with E-state index in [1.165, 1.54) is 0 Å². The summed E-state index contributed by atoms with van der Waals surface area (Å²) < 4.78 is 0. The summed E-state index contributed by atoms with van der Waals surface area (Å²) >= 11 is 5.93. The number of hydrogen-bond donors (Lipinski definition) is 2. The summed E-state index contributed by atoms with van der Waals surface area (Å²) in [4.78, 5) is 20.5. The molecule has 8 heteroatoms. The van der Waals surface area contributed by atoms with E-state index in [0.29, 0.717) is 19.6 Å². The normalized spacial score (nSPS) is 14.5. The van der Waals surface area contributed by atoms with Gasteiger partial charge in [0, 0.05) is 36.9 Å². The van der Waals surface area contributed by atoms with Crippen molar-refractivity contribution in [2.45, 2.75) is 6.54 Å². The van der Waals surface area contributed by atoms with Gasteiger partial charge in [0.1, 0.15) is 0 Å². The Hall–Kier alpha value is -2.44. The zero-order chi connectivity index (χ0) is 18.4. The van der Waals surface area contributed by atoms with E-state index in [1.54, 1.807) is 4.90 Å². The van der Waals surface area contributed by atoms with Crippen LogP contribution in [0.3, 0.4) is 0 Å². The zero-order valence-electron chi connectivity index (χ0n) is 14.8. The van der Waals surface area contributed by atoms with E-state index in [9.17, 15) is 4.79 Å². The second-order valence-electron chi connectivity index (χ2n) is 6.07. The number of piperazine rings is 1. The zero-order valence-corrected chi connectivity index (χ0v) is 16.4. The van der Waals surface area contributed by atoms with E-state index < -0.39 is 0 Å². The lowest BCUT2D eigenvalue weighted by Crippen LogP contribution is -2.54. The molecule has 1 saturated heterocycles. The van der Waals surface area contributed by atoms with Gasteiger partial charge in [-0.3, -0.25) is 5.32 Å². The van der Waals surface area contributed by atoms with E-state index in [2.05, 4.69) is 15.2 Å². The van der Waals surface area contributed by atoms with Crippen LogP contribution >= 0.6 is 24.0 Å². The summed E-state index contributed by atoms with van der Waals surface area (Å²) in [7, 11) is 0. The predicted octanol–water partition coefficient (Wildman–Crippen LogP) is 3.11. The Labute approximate surface area is 170 Å². The largest absolute Gasteiger partial charge is 0.370 e. The molecule has 0 saturated carbocycles. The van der Waals surface area contributed by atoms with Crippen molar-refractivity contribution in [3.63, 3.8) is 0 Å². The predicted molar refractivity (Wildman–Crippen MR) is 113 cm³/mol. The summed E-state index contributed by atoms with van der Waals surface area (Å²) in [6, 6.07) is 17.3. The van der Waals surface area contributed by atoms with Gasteiger partial charge in [0.2, 0.25) is 0 Å². The smallest absolute Gasteiger partial charge is 0.324 e. The maximum Gasteiger partial charge on any atom is 0.324 e. The fourth-order valence-corrected chi connectivity index (χ4v) is 2.93. The first kappa shape index (κ1) is 20.9. The van der Waals surface area contributed by atoms with Crippen molar-refractivity contribution < 1.29 is 4.79 Å². The number of carbonyl (C=O) groups is 1. The van der Waals surface area contributed by atoms with Crippen LogP contribution in [-0.4, -0.2) is 43.1 Å². The number of anilines is 1. The molecule has 144 valence electrons. The van der Waals surface area contributed by atoms with Gasteiger partial charge >= 0.3 is 6.03 Å². The molecule has 0 unspecified atom stereocenters. The first-order valence-electron chi connectivity index (χ1n) is 8.52. The van der Waals surface area contributed by atoms with Crippen LogP contribution in [0, 0.1) is 0 Å². The Morgan fingerprint density at radius 1 is 1.04 bits per heavy atom. The molecule has 0 radical (unpaired) electrons. The molecule has 0 bridgehead atoms. The van der Waals surface area contributed by atoms with Crippen molar-refractivity contribution in [3.05, 3.63) is 65.2 Å². The maximum atomic E-state index is 12.3. The van der Waals surface area contributed by atoms with Crippen LogP contribution in [0.15, 0.2) is 59.6 Å². The molecule has 1 heterocycles. The monoisotopic (exact) mass is 407 g/mol. The molecule has 0 spiro atoms. The van der Waals surface area contributed by atoms with E-state index in [1.807, 2.05) is 54.6 Å². The second-order valence-corrected chi connectivity index (χ2v) is 6.50. The van der Waals surface area contributed by atoms with Crippen molar-refractivity contribution in [2.24, 2.45) is 10.7 Å². The van der Waals surface area contributed by atoms with Gasteiger partial charge in [-0.25, -0.2) is 9.79 Å². The van der Waals surface area contributed by atoms with Crippen LogP contribution in [0.2, 0.25) is 5.02 Å². The minimum atomic E-state index is -0.213. The highest BCUT2D eigenvalue weighted by Gasteiger charge is 2.21. The molecule has 2 aromatic carbocycles. The van der Waals surface area contributed by atoms with Crippen molar-refractivity contribution in [1.82, 2.24) is 10.2 Å². The molecule has 0 atom stereocenters. The Balaban J connectivity index is 0.00000261. The molecular formula is C19H23Cl2N5O. The molecule has 2 amide bonds. The molecule has 2 aromatic rings. The van der Waals surface area contributed by atoms with Crippen molar-refractivity contribution in [1.29, 1.82) is 0 Å². The van der Waals surface area contributed by atoms with Crippen molar-refractivity contribution >= 4 is 41.7 Å². The number of aliphatic imine (C=N–C) groups is 1. The third-order valence-corrected chi connectivity index (χ3v) is 4.52. The van der Waals surface area contributed by atoms with E-state index in [0.717, 1.165) is 29.4 Å². The summed E-state index contributed by atoms with van der Waals surface area (Å²) in [6.45, 7) is 3.21. The van der Waals surface area contributed by atoms with Crippen LogP contribution in [-0.2, 0) is 6.54 Å². The number of carbonyl (C=O) groups excluding carboxylic acids is 1. The third-order valence-electron chi connectivity index (χ3n) is 4.27. The maximum absolute atomic E-state index is 12.3. The fourth-order valence-electron chi connectivity index (χ4n) is 2.81. The van der Waals surface area contributed by atoms with Crippen molar-refractivity contribution in [2.75, 3.05) is 31.1 Å². The van der Waals surface area contributed by atoms with Crippen LogP contribution in [0.25, 0.3) is 0 Å². The number of nitrogens with one attached hydrogen (secondary N) is 1. The minimum absolute atomic E-state index is 0. The molecule has 3 N–H and O–H groups in total. The second kappa shape index (κ2) is 10.0. The molecule has 6 nitrogen and oxygen atoms in total. The quantitative estimate of drug-likeness (QED) is 0.606. The first-order valence-corrected chi connectivity index (χ1v) is 8.90. The van der Waals surface area contributed by atoms with Crippen molar-refractivity contribution in [3.8, 4) is 0 Å². The van der Waals surface area contributed by atoms with E-state index in [4.69, 9.17) is 17.3 Å². The van der Waals surface area contributed by atoms with Gasteiger partial charge in [-0.2, -0.15) is 0 Å². The van der Waals surface area contributed by atoms with Crippen LogP contribution in [0.4, 0.5) is 10.5 Å². The molecule has 0 aromatic heterocycles. The highest BCUT2D eigenvalue weighted by atomic mass is 35.5. The van der Waals surface area contributed by atoms with E-state index in [-0.39, 0.29) is 24.4 Å². The highest BCUT2D eigenvalue weighted by molar-refractivity contribution is 6.30. The number of halogens is 2. The topological polar surface area (TPSA) is 74.0 Å². The van der Waals surface area contributed by atoms with Gasteiger partial charge in [-0.1, -0.05) is 41.9 Å². The molecule has 3 rings (SSSR count). The highest BCUT2D eigenvalue weighted by Crippen LogP contribution is 2.19. The first-order chi connectivity index (χ1) is 12.6. The Kier molecular flexibility index (Phi) is 7.76. The number of guanidine groups is 1. The lowest BCUT2D eigenvalue weighted by Gasteiger charge is -2.36. The summed E-state index contributed by atoms with van der Waals surface area (Å²) in [5, 5.41) is 3.38. The number of urea groups is 1. The Bertz CT molecular complexity index is 759. The molecule has 0 aliphatic carbocycles. The Morgan fingerprint density at radius 2 is 1.67 bits per heavy atom. The number of nitrogens with zero attached hydrogens (tertiary/aromatic N) is 3.